The van der Waals surface area contributed by atoms with Crippen molar-refractivity contribution in [1.82, 2.24) is 0 Å². The smallest absolute Gasteiger partial charge is 0.106 e. The third-order valence-electron chi connectivity index (χ3n) is 4.52. The molecule has 1 saturated carbocycles. The van der Waals surface area contributed by atoms with Crippen LogP contribution in [0.3, 0.4) is 0 Å². The Bertz CT molecular complexity index is 386. The summed E-state index contributed by atoms with van der Waals surface area (Å²) in [5.41, 5.74) is 8.99. The summed E-state index contributed by atoms with van der Waals surface area (Å²) in [6, 6.07) is 0.167. The minimum Gasteiger partial charge on any atom is -0.466 e. The van der Waals surface area contributed by atoms with Gasteiger partial charge in [-0.1, -0.05) is 19.8 Å². The van der Waals surface area contributed by atoms with E-state index in [2.05, 4.69) is 13.8 Å². The molecular formula is C15H25NO. The van der Waals surface area contributed by atoms with Gasteiger partial charge in [0, 0.05) is 11.6 Å². The van der Waals surface area contributed by atoms with E-state index in [1.807, 2.05) is 13.8 Å². The van der Waals surface area contributed by atoms with Crippen LogP contribution in [0, 0.1) is 32.6 Å². The SMILES string of the molecule is Cc1oc(C)c(C(N)C2CCC(C)CC2)c1C. The van der Waals surface area contributed by atoms with E-state index in [4.69, 9.17) is 10.2 Å². The quantitative estimate of drug-likeness (QED) is 0.840. The van der Waals surface area contributed by atoms with Gasteiger partial charge < -0.3 is 10.2 Å². The van der Waals surface area contributed by atoms with Crippen LogP contribution in [-0.2, 0) is 0 Å². The van der Waals surface area contributed by atoms with E-state index in [1.165, 1.54) is 36.8 Å². The molecule has 1 unspecified atom stereocenters. The van der Waals surface area contributed by atoms with Crippen molar-refractivity contribution < 1.29 is 4.42 Å². The molecule has 0 aliphatic heterocycles. The second-order valence-electron chi connectivity index (χ2n) is 5.80. The van der Waals surface area contributed by atoms with Crippen LogP contribution in [0.15, 0.2) is 4.42 Å². The van der Waals surface area contributed by atoms with Gasteiger partial charge in [0.25, 0.3) is 0 Å². The van der Waals surface area contributed by atoms with Crippen LogP contribution in [0.1, 0.15) is 61.3 Å². The van der Waals surface area contributed by atoms with E-state index in [9.17, 15) is 0 Å². The van der Waals surface area contributed by atoms with Gasteiger partial charge in [0.05, 0.1) is 0 Å². The van der Waals surface area contributed by atoms with Crippen molar-refractivity contribution in [3.05, 3.63) is 22.6 Å². The summed E-state index contributed by atoms with van der Waals surface area (Å²) in [4.78, 5) is 0. The molecule has 96 valence electrons. The molecular weight excluding hydrogens is 210 g/mol. The Kier molecular flexibility index (Phi) is 3.62. The summed E-state index contributed by atoms with van der Waals surface area (Å²) in [5, 5.41) is 0. The Labute approximate surface area is 105 Å². The monoisotopic (exact) mass is 235 g/mol. The summed E-state index contributed by atoms with van der Waals surface area (Å²) in [5.74, 6) is 3.57. The van der Waals surface area contributed by atoms with Gasteiger partial charge in [0.15, 0.2) is 0 Å². The fraction of sp³-hybridized carbons (Fsp3) is 0.733. The van der Waals surface area contributed by atoms with E-state index >= 15 is 0 Å². The van der Waals surface area contributed by atoms with Crippen molar-refractivity contribution in [3.8, 4) is 0 Å². The first-order chi connectivity index (χ1) is 8.00. The lowest BCUT2D eigenvalue weighted by molar-refractivity contribution is 0.254. The number of furan rings is 1. The van der Waals surface area contributed by atoms with E-state index in [0.717, 1.165) is 17.4 Å². The number of nitrogens with two attached hydrogens (primary N) is 1. The molecule has 1 aromatic rings. The lowest BCUT2D eigenvalue weighted by atomic mass is 9.77. The molecule has 0 saturated heterocycles. The van der Waals surface area contributed by atoms with Crippen molar-refractivity contribution in [2.75, 3.05) is 0 Å². The van der Waals surface area contributed by atoms with Gasteiger partial charge in [0.1, 0.15) is 11.5 Å². The van der Waals surface area contributed by atoms with Crippen LogP contribution < -0.4 is 5.73 Å². The zero-order valence-electron chi connectivity index (χ0n) is 11.5. The van der Waals surface area contributed by atoms with Crippen molar-refractivity contribution in [1.29, 1.82) is 0 Å². The maximum Gasteiger partial charge on any atom is 0.106 e. The van der Waals surface area contributed by atoms with Gasteiger partial charge in [0.2, 0.25) is 0 Å². The Morgan fingerprint density at radius 3 is 2.12 bits per heavy atom. The highest BCUT2D eigenvalue weighted by Gasteiger charge is 2.28. The van der Waals surface area contributed by atoms with Crippen LogP contribution in [0.25, 0.3) is 0 Å². The topological polar surface area (TPSA) is 39.2 Å². The lowest BCUT2D eigenvalue weighted by Gasteiger charge is -2.30. The maximum atomic E-state index is 6.47. The summed E-state index contributed by atoms with van der Waals surface area (Å²) in [7, 11) is 0. The van der Waals surface area contributed by atoms with Gasteiger partial charge in [-0.3, -0.25) is 0 Å². The van der Waals surface area contributed by atoms with Crippen molar-refractivity contribution in [2.24, 2.45) is 17.6 Å². The van der Waals surface area contributed by atoms with Gasteiger partial charge in [-0.05, 0) is 51.0 Å². The Morgan fingerprint density at radius 2 is 1.65 bits per heavy atom. The van der Waals surface area contributed by atoms with Crippen LogP contribution in [-0.4, -0.2) is 0 Å². The molecule has 1 heterocycles. The van der Waals surface area contributed by atoms with Crippen molar-refractivity contribution in [3.63, 3.8) is 0 Å². The summed E-state index contributed by atoms with van der Waals surface area (Å²) in [6.07, 6.45) is 5.19. The first-order valence-corrected chi connectivity index (χ1v) is 6.82. The highest BCUT2D eigenvalue weighted by atomic mass is 16.3. The summed E-state index contributed by atoms with van der Waals surface area (Å²) in [6.45, 7) is 8.55. The minimum atomic E-state index is 0.167. The standard InChI is InChI=1S/C15H25NO/c1-9-5-7-13(8-6-9)15(16)14-10(2)11(3)17-12(14)4/h9,13,15H,5-8,16H2,1-4H3. The Hall–Kier alpha value is -0.760. The molecule has 2 rings (SSSR count). The molecule has 17 heavy (non-hydrogen) atoms. The van der Waals surface area contributed by atoms with Gasteiger partial charge in [-0.2, -0.15) is 0 Å². The molecule has 0 radical (unpaired) electrons. The normalized spacial score (nSPS) is 27.1. The lowest BCUT2D eigenvalue weighted by Crippen LogP contribution is -2.26. The average Bonchev–Trinajstić information content (AvgIpc) is 2.53. The van der Waals surface area contributed by atoms with Gasteiger partial charge in [-0.15, -0.1) is 0 Å². The second-order valence-corrected chi connectivity index (χ2v) is 5.80. The van der Waals surface area contributed by atoms with Crippen LogP contribution in [0.4, 0.5) is 0 Å². The zero-order valence-corrected chi connectivity index (χ0v) is 11.5. The summed E-state index contributed by atoms with van der Waals surface area (Å²) < 4.78 is 5.70. The molecule has 2 nitrogen and oxygen atoms in total. The van der Waals surface area contributed by atoms with E-state index in [0.29, 0.717) is 5.92 Å². The highest BCUT2D eigenvalue weighted by molar-refractivity contribution is 5.34. The predicted octanol–water partition coefficient (Wildman–Crippen LogP) is 4.03. The molecule has 1 fully saturated rings. The van der Waals surface area contributed by atoms with E-state index in [-0.39, 0.29) is 6.04 Å². The first kappa shape index (κ1) is 12.7. The fourth-order valence-corrected chi connectivity index (χ4v) is 3.18. The third kappa shape index (κ3) is 2.42. The van der Waals surface area contributed by atoms with E-state index < -0.39 is 0 Å². The number of hydrogen-bond donors (Lipinski definition) is 1. The van der Waals surface area contributed by atoms with Gasteiger partial charge >= 0.3 is 0 Å². The number of hydrogen-bond acceptors (Lipinski definition) is 2. The molecule has 0 spiro atoms. The van der Waals surface area contributed by atoms with Crippen LogP contribution in [0.5, 0.6) is 0 Å². The van der Waals surface area contributed by atoms with E-state index in [1.54, 1.807) is 0 Å². The number of aryl methyl sites for hydroxylation is 2. The highest BCUT2D eigenvalue weighted by Crippen LogP contribution is 2.38. The minimum absolute atomic E-state index is 0.167. The largest absolute Gasteiger partial charge is 0.466 e. The molecule has 1 aliphatic rings. The fourth-order valence-electron chi connectivity index (χ4n) is 3.18. The molecule has 0 bridgehead atoms. The second kappa shape index (κ2) is 4.85. The third-order valence-corrected chi connectivity index (χ3v) is 4.52. The molecule has 0 aromatic carbocycles. The molecule has 1 aliphatic carbocycles. The van der Waals surface area contributed by atoms with Crippen molar-refractivity contribution in [2.45, 2.75) is 59.4 Å². The summed E-state index contributed by atoms with van der Waals surface area (Å²) >= 11 is 0. The molecule has 0 amide bonds. The zero-order chi connectivity index (χ0) is 12.6. The van der Waals surface area contributed by atoms with Crippen LogP contribution in [0.2, 0.25) is 0 Å². The average molecular weight is 235 g/mol. The molecule has 1 aromatic heterocycles. The molecule has 1 atom stereocenters. The molecule has 2 heteroatoms. The Balaban J connectivity index is 2.16. The molecule has 2 N–H and O–H groups in total. The maximum absolute atomic E-state index is 6.47. The van der Waals surface area contributed by atoms with Crippen LogP contribution >= 0.6 is 0 Å². The first-order valence-electron chi connectivity index (χ1n) is 6.82. The Morgan fingerprint density at radius 1 is 1.06 bits per heavy atom. The van der Waals surface area contributed by atoms with Crippen molar-refractivity contribution >= 4 is 0 Å². The predicted molar refractivity (Wildman–Crippen MR) is 71.0 cm³/mol. The number of rotatable bonds is 2. The van der Waals surface area contributed by atoms with Gasteiger partial charge in [-0.25, -0.2) is 0 Å².